The van der Waals surface area contributed by atoms with Gasteiger partial charge in [-0.25, -0.2) is 0 Å². The molecule has 0 unspecified atom stereocenters. The summed E-state index contributed by atoms with van der Waals surface area (Å²) in [5.74, 6) is 0. The van der Waals surface area contributed by atoms with Crippen molar-refractivity contribution in [1.29, 1.82) is 0 Å². The molecule has 0 spiro atoms. The standard InChI is InChI=1S/C6H7BNO/c8-6-3-1-5(7-9)2-4-6/h1-4,9H,8H2. The Morgan fingerprint density at radius 2 is 1.78 bits per heavy atom. The van der Waals surface area contributed by atoms with Crippen LogP contribution in [0, 0.1) is 0 Å². The molecule has 0 saturated carbocycles. The van der Waals surface area contributed by atoms with Crippen molar-refractivity contribution in [2.75, 3.05) is 5.73 Å². The third kappa shape index (κ3) is 1.47. The molecule has 0 aliphatic heterocycles. The second kappa shape index (κ2) is 2.55. The number of anilines is 1. The van der Waals surface area contributed by atoms with Crippen molar-refractivity contribution >= 4 is 18.6 Å². The van der Waals surface area contributed by atoms with Crippen LogP contribution in [0.3, 0.4) is 0 Å². The maximum absolute atomic E-state index is 8.46. The van der Waals surface area contributed by atoms with Crippen LogP contribution in [0.2, 0.25) is 0 Å². The molecule has 0 amide bonds. The second-order valence-electron chi connectivity index (χ2n) is 1.80. The molecule has 0 bridgehead atoms. The Hall–Kier alpha value is -0.955. The van der Waals surface area contributed by atoms with Crippen LogP contribution in [-0.4, -0.2) is 12.5 Å². The zero-order chi connectivity index (χ0) is 6.69. The average molecular weight is 120 g/mol. The van der Waals surface area contributed by atoms with Crippen LogP contribution in [0.25, 0.3) is 0 Å². The van der Waals surface area contributed by atoms with Crippen LogP contribution in [0.15, 0.2) is 24.3 Å². The van der Waals surface area contributed by atoms with Crippen LogP contribution in [0.5, 0.6) is 0 Å². The van der Waals surface area contributed by atoms with Crippen LogP contribution in [-0.2, 0) is 0 Å². The fourth-order valence-electron chi connectivity index (χ4n) is 0.582. The van der Waals surface area contributed by atoms with Gasteiger partial charge in [0.05, 0.1) is 0 Å². The third-order valence-corrected chi connectivity index (χ3v) is 1.09. The van der Waals surface area contributed by atoms with E-state index in [4.69, 9.17) is 10.8 Å². The van der Waals surface area contributed by atoms with E-state index in [2.05, 4.69) is 0 Å². The molecular weight excluding hydrogens is 113 g/mol. The third-order valence-electron chi connectivity index (χ3n) is 1.09. The first-order valence-electron chi connectivity index (χ1n) is 2.66. The second-order valence-corrected chi connectivity index (χ2v) is 1.80. The Kier molecular flexibility index (Phi) is 1.75. The molecule has 0 aliphatic rings. The number of hydrogen-bond donors (Lipinski definition) is 2. The molecule has 0 fully saturated rings. The predicted molar refractivity (Wildman–Crippen MR) is 38.5 cm³/mol. The van der Waals surface area contributed by atoms with Crippen molar-refractivity contribution in [1.82, 2.24) is 0 Å². The highest BCUT2D eigenvalue weighted by Gasteiger charge is 1.89. The van der Waals surface area contributed by atoms with Gasteiger partial charge in [-0.2, -0.15) is 0 Å². The van der Waals surface area contributed by atoms with Crippen LogP contribution in [0.1, 0.15) is 0 Å². The first-order valence-corrected chi connectivity index (χ1v) is 2.66. The molecule has 0 atom stereocenters. The van der Waals surface area contributed by atoms with Gasteiger partial charge >= 0.3 is 7.48 Å². The van der Waals surface area contributed by atoms with Crippen molar-refractivity contribution in [3.63, 3.8) is 0 Å². The lowest BCUT2D eigenvalue weighted by molar-refractivity contribution is 0.615. The topological polar surface area (TPSA) is 46.2 Å². The van der Waals surface area contributed by atoms with Gasteiger partial charge in [0.25, 0.3) is 0 Å². The fourth-order valence-corrected chi connectivity index (χ4v) is 0.582. The Labute approximate surface area is 54.6 Å². The van der Waals surface area contributed by atoms with E-state index in [-0.39, 0.29) is 0 Å². The molecule has 3 N–H and O–H groups in total. The van der Waals surface area contributed by atoms with E-state index in [0.717, 1.165) is 12.9 Å². The summed E-state index contributed by atoms with van der Waals surface area (Å²) >= 11 is 0. The summed E-state index contributed by atoms with van der Waals surface area (Å²) in [7, 11) is 1.04. The molecule has 0 saturated heterocycles. The predicted octanol–water partition coefficient (Wildman–Crippen LogP) is -0.494. The van der Waals surface area contributed by atoms with Crippen LogP contribution in [0.4, 0.5) is 5.69 Å². The minimum Gasteiger partial charge on any atom is -0.450 e. The molecule has 3 heteroatoms. The van der Waals surface area contributed by atoms with Gasteiger partial charge in [0, 0.05) is 5.69 Å². The van der Waals surface area contributed by atoms with E-state index in [1.807, 2.05) is 0 Å². The van der Waals surface area contributed by atoms with E-state index in [1.165, 1.54) is 0 Å². The minimum atomic E-state index is 0.709. The molecule has 9 heavy (non-hydrogen) atoms. The van der Waals surface area contributed by atoms with Crippen molar-refractivity contribution in [3.05, 3.63) is 24.3 Å². The van der Waals surface area contributed by atoms with E-state index in [9.17, 15) is 0 Å². The van der Waals surface area contributed by atoms with Gasteiger partial charge in [0.15, 0.2) is 0 Å². The van der Waals surface area contributed by atoms with Gasteiger partial charge in [-0.3, -0.25) is 0 Å². The largest absolute Gasteiger partial charge is 0.450 e. The fraction of sp³-hybridized carbons (Fsp3) is 0. The zero-order valence-electron chi connectivity index (χ0n) is 4.91. The van der Waals surface area contributed by atoms with Gasteiger partial charge < -0.3 is 10.8 Å². The Morgan fingerprint density at radius 3 is 2.22 bits per heavy atom. The normalized spacial score (nSPS) is 9.00. The Balaban J connectivity index is 2.88. The number of nitrogens with two attached hydrogens (primary N) is 1. The van der Waals surface area contributed by atoms with Crippen LogP contribution >= 0.6 is 0 Å². The van der Waals surface area contributed by atoms with Crippen LogP contribution < -0.4 is 11.2 Å². The molecule has 0 aliphatic carbocycles. The molecule has 1 aromatic carbocycles. The van der Waals surface area contributed by atoms with Crippen molar-refractivity contribution in [2.24, 2.45) is 0 Å². The quantitative estimate of drug-likeness (QED) is 0.387. The molecule has 1 aromatic rings. The van der Waals surface area contributed by atoms with E-state index in [1.54, 1.807) is 24.3 Å². The van der Waals surface area contributed by atoms with Gasteiger partial charge in [-0.05, 0) is 12.1 Å². The first-order chi connectivity index (χ1) is 4.33. The maximum Gasteiger partial charge on any atom is 0.326 e. The highest BCUT2D eigenvalue weighted by Crippen LogP contribution is 1.94. The monoisotopic (exact) mass is 120 g/mol. The van der Waals surface area contributed by atoms with Crippen molar-refractivity contribution in [2.45, 2.75) is 0 Å². The number of hydrogen-bond acceptors (Lipinski definition) is 2. The minimum absolute atomic E-state index is 0.709. The van der Waals surface area contributed by atoms with E-state index < -0.39 is 0 Å². The summed E-state index contributed by atoms with van der Waals surface area (Å²) in [6.07, 6.45) is 0. The Morgan fingerprint density at radius 1 is 1.22 bits per heavy atom. The van der Waals surface area contributed by atoms with Gasteiger partial charge in [-0.1, -0.05) is 17.6 Å². The molecule has 45 valence electrons. The molecule has 1 radical (unpaired) electrons. The summed E-state index contributed by atoms with van der Waals surface area (Å²) in [6.45, 7) is 0. The van der Waals surface area contributed by atoms with Gasteiger partial charge in [0.2, 0.25) is 0 Å². The smallest absolute Gasteiger partial charge is 0.326 e. The molecular formula is C6H7BNO. The van der Waals surface area contributed by atoms with E-state index >= 15 is 0 Å². The van der Waals surface area contributed by atoms with E-state index in [0.29, 0.717) is 5.69 Å². The average Bonchev–Trinajstić information content (AvgIpc) is 1.90. The molecule has 0 aromatic heterocycles. The van der Waals surface area contributed by atoms with Gasteiger partial charge in [0.1, 0.15) is 0 Å². The lowest BCUT2D eigenvalue weighted by Gasteiger charge is -1.92. The number of rotatable bonds is 1. The zero-order valence-corrected chi connectivity index (χ0v) is 4.91. The molecule has 0 heterocycles. The highest BCUT2D eigenvalue weighted by molar-refractivity contribution is 6.45. The number of benzene rings is 1. The number of nitrogen functional groups attached to an aromatic ring is 1. The first kappa shape index (κ1) is 6.17. The summed E-state index contributed by atoms with van der Waals surface area (Å²) in [4.78, 5) is 0. The summed E-state index contributed by atoms with van der Waals surface area (Å²) < 4.78 is 0. The molecule has 1 rings (SSSR count). The lowest BCUT2D eigenvalue weighted by atomic mass is 9.89. The van der Waals surface area contributed by atoms with Crippen molar-refractivity contribution in [3.8, 4) is 0 Å². The van der Waals surface area contributed by atoms with Crippen molar-refractivity contribution < 1.29 is 5.02 Å². The Bertz CT molecular complexity index is 185. The maximum atomic E-state index is 8.46. The lowest BCUT2D eigenvalue weighted by Crippen LogP contribution is -2.12. The summed E-state index contributed by atoms with van der Waals surface area (Å²) in [5.41, 5.74) is 6.86. The SMILES string of the molecule is Nc1ccc([B]O)cc1. The van der Waals surface area contributed by atoms with Gasteiger partial charge in [-0.15, -0.1) is 0 Å². The summed E-state index contributed by atoms with van der Waals surface area (Å²) in [5, 5.41) is 8.46. The molecule has 2 nitrogen and oxygen atoms in total. The summed E-state index contributed by atoms with van der Waals surface area (Å²) in [6, 6.07) is 6.97. The highest BCUT2D eigenvalue weighted by atomic mass is 16.2.